The lowest BCUT2D eigenvalue weighted by molar-refractivity contribution is -0.00291. The van der Waals surface area contributed by atoms with Gasteiger partial charge in [0.25, 0.3) is 0 Å². The zero-order chi connectivity index (χ0) is 8.48. The highest BCUT2D eigenvalue weighted by Crippen LogP contribution is 2.24. The summed E-state index contributed by atoms with van der Waals surface area (Å²) in [4.78, 5) is 2.42. The van der Waals surface area contributed by atoms with Crippen LogP contribution in [0.4, 0.5) is 0 Å². The Bertz CT molecular complexity index is 134. The van der Waals surface area contributed by atoms with Crippen LogP contribution in [0.5, 0.6) is 0 Å². The molecule has 0 amide bonds. The third-order valence-corrected chi connectivity index (χ3v) is 2.77. The smallest absolute Gasteiger partial charge is 0.108 e. The van der Waals surface area contributed by atoms with Crippen molar-refractivity contribution in [1.82, 2.24) is 4.90 Å². The molecule has 2 nitrogen and oxygen atoms in total. The Hall–Kier alpha value is -0.0800. The fraction of sp³-hybridized carbons (Fsp3) is 1.00. The van der Waals surface area contributed by atoms with E-state index in [9.17, 15) is 0 Å². The van der Waals surface area contributed by atoms with Crippen LogP contribution in [-0.4, -0.2) is 29.8 Å². The van der Waals surface area contributed by atoms with Crippen LogP contribution < -0.4 is 0 Å². The minimum atomic E-state index is 0.302. The number of nitrogens with zero attached hydrogens (tertiary/aromatic N) is 1. The fourth-order valence-electron chi connectivity index (χ4n) is 1.59. The van der Waals surface area contributed by atoms with Gasteiger partial charge in [-0.3, -0.25) is 4.90 Å². The molecule has 1 fully saturated rings. The first-order chi connectivity index (χ1) is 5.08. The lowest BCUT2D eigenvalue weighted by atomic mass is 9.99. The van der Waals surface area contributed by atoms with E-state index >= 15 is 0 Å². The molecule has 2 heteroatoms. The molecular formula is C9H19NO. The highest BCUT2D eigenvalue weighted by atomic mass is 16.5. The number of hydrogen-bond acceptors (Lipinski definition) is 2. The standard InChI is InChI=1S/C9H19NO/c1-5-9(3,4)10-6-7-11-8(10)2/h8H,5-7H2,1-4H3. The Labute approximate surface area is 69.5 Å². The van der Waals surface area contributed by atoms with E-state index in [-0.39, 0.29) is 0 Å². The van der Waals surface area contributed by atoms with Crippen molar-refractivity contribution in [3.63, 3.8) is 0 Å². The average molecular weight is 157 g/mol. The summed E-state index contributed by atoms with van der Waals surface area (Å²) in [7, 11) is 0. The SMILES string of the molecule is CCC(C)(C)N1CCOC1C. The van der Waals surface area contributed by atoms with E-state index in [2.05, 4.69) is 32.6 Å². The first-order valence-corrected chi connectivity index (χ1v) is 4.46. The maximum atomic E-state index is 5.48. The van der Waals surface area contributed by atoms with Crippen molar-refractivity contribution in [1.29, 1.82) is 0 Å². The molecule has 0 bridgehead atoms. The zero-order valence-corrected chi connectivity index (χ0v) is 8.05. The summed E-state index contributed by atoms with van der Waals surface area (Å²) >= 11 is 0. The first-order valence-electron chi connectivity index (χ1n) is 4.46. The minimum absolute atomic E-state index is 0.302. The second-order valence-electron chi connectivity index (χ2n) is 3.83. The van der Waals surface area contributed by atoms with E-state index in [1.54, 1.807) is 0 Å². The van der Waals surface area contributed by atoms with E-state index in [1.807, 2.05) is 0 Å². The van der Waals surface area contributed by atoms with Crippen molar-refractivity contribution >= 4 is 0 Å². The van der Waals surface area contributed by atoms with E-state index < -0.39 is 0 Å². The lowest BCUT2D eigenvalue weighted by Crippen LogP contribution is -2.45. The molecule has 1 aliphatic heterocycles. The van der Waals surface area contributed by atoms with Gasteiger partial charge in [0.15, 0.2) is 0 Å². The molecule has 66 valence electrons. The Morgan fingerprint density at radius 1 is 1.55 bits per heavy atom. The summed E-state index contributed by atoms with van der Waals surface area (Å²) in [5, 5.41) is 0. The molecule has 1 saturated heterocycles. The van der Waals surface area contributed by atoms with Crippen LogP contribution in [0.25, 0.3) is 0 Å². The van der Waals surface area contributed by atoms with Crippen LogP contribution in [0.1, 0.15) is 34.1 Å². The molecule has 1 aliphatic rings. The van der Waals surface area contributed by atoms with Gasteiger partial charge >= 0.3 is 0 Å². The van der Waals surface area contributed by atoms with Crippen LogP contribution in [0.3, 0.4) is 0 Å². The van der Waals surface area contributed by atoms with E-state index in [0.717, 1.165) is 13.2 Å². The van der Waals surface area contributed by atoms with Crippen molar-refractivity contribution in [2.45, 2.75) is 45.9 Å². The molecule has 1 heterocycles. The molecule has 0 aromatic heterocycles. The molecule has 0 spiro atoms. The van der Waals surface area contributed by atoms with Crippen LogP contribution >= 0.6 is 0 Å². The van der Waals surface area contributed by atoms with Crippen molar-refractivity contribution in [2.24, 2.45) is 0 Å². The largest absolute Gasteiger partial charge is 0.362 e. The van der Waals surface area contributed by atoms with Gasteiger partial charge in [-0.25, -0.2) is 0 Å². The topological polar surface area (TPSA) is 12.5 Å². The Balaban J connectivity index is 2.58. The van der Waals surface area contributed by atoms with Gasteiger partial charge in [0.1, 0.15) is 6.23 Å². The summed E-state index contributed by atoms with van der Waals surface area (Å²) in [5.41, 5.74) is 0.302. The molecule has 1 unspecified atom stereocenters. The monoisotopic (exact) mass is 157 g/mol. The zero-order valence-electron chi connectivity index (χ0n) is 8.05. The maximum absolute atomic E-state index is 5.48. The quantitative estimate of drug-likeness (QED) is 0.606. The molecule has 0 aliphatic carbocycles. The molecule has 11 heavy (non-hydrogen) atoms. The normalized spacial score (nSPS) is 27.8. The summed E-state index contributed by atoms with van der Waals surface area (Å²) < 4.78 is 5.48. The second kappa shape index (κ2) is 3.11. The van der Waals surface area contributed by atoms with Crippen LogP contribution in [-0.2, 0) is 4.74 Å². The Morgan fingerprint density at radius 3 is 2.55 bits per heavy atom. The molecule has 0 N–H and O–H groups in total. The minimum Gasteiger partial charge on any atom is -0.362 e. The first kappa shape index (κ1) is 9.01. The van der Waals surface area contributed by atoms with Gasteiger partial charge in [-0.1, -0.05) is 6.92 Å². The molecule has 0 saturated carbocycles. The van der Waals surface area contributed by atoms with Gasteiger partial charge in [-0.05, 0) is 27.2 Å². The van der Waals surface area contributed by atoms with Gasteiger partial charge in [-0.2, -0.15) is 0 Å². The van der Waals surface area contributed by atoms with Crippen LogP contribution in [0.2, 0.25) is 0 Å². The summed E-state index contributed by atoms with van der Waals surface area (Å²) in [6.45, 7) is 10.9. The third kappa shape index (κ3) is 1.74. The summed E-state index contributed by atoms with van der Waals surface area (Å²) in [6, 6.07) is 0. The predicted molar refractivity (Wildman–Crippen MR) is 46.5 cm³/mol. The number of hydrogen-bond donors (Lipinski definition) is 0. The van der Waals surface area contributed by atoms with E-state index in [1.165, 1.54) is 6.42 Å². The van der Waals surface area contributed by atoms with Crippen molar-refractivity contribution < 1.29 is 4.74 Å². The molecule has 1 atom stereocenters. The van der Waals surface area contributed by atoms with Crippen molar-refractivity contribution in [3.05, 3.63) is 0 Å². The van der Waals surface area contributed by atoms with Crippen molar-refractivity contribution in [2.75, 3.05) is 13.2 Å². The van der Waals surface area contributed by atoms with Crippen LogP contribution in [0, 0.1) is 0 Å². The third-order valence-electron chi connectivity index (χ3n) is 2.77. The molecule has 0 aromatic rings. The molecule has 0 radical (unpaired) electrons. The Kier molecular flexibility index (Phi) is 2.55. The second-order valence-corrected chi connectivity index (χ2v) is 3.83. The molecule has 1 rings (SSSR count). The van der Waals surface area contributed by atoms with Gasteiger partial charge in [0, 0.05) is 12.1 Å². The van der Waals surface area contributed by atoms with Crippen molar-refractivity contribution in [3.8, 4) is 0 Å². The summed E-state index contributed by atoms with van der Waals surface area (Å²) in [6.07, 6.45) is 1.49. The van der Waals surface area contributed by atoms with Gasteiger partial charge in [-0.15, -0.1) is 0 Å². The number of ether oxygens (including phenoxy) is 1. The van der Waals surface area contributed by atoms with E-state index in [4.69, 9.17) is 4.74 Å². The molecular weight excluding hydrogens is 138 g/mol. The highest BCUT2D eigenvalue weighted by Gasteiger charge is 2.32. The van der Waals surface area contributed by atoms with E-state index in [0.29, 0.717) is 11.8 Å². The predicted octanol–water partition coefficient (Wildman–Crippen LogP) is 1.85. The fourth-order valence-corrected chi connectivity index (χ4v) is 1.59. The summed E-state index contributed by atoms with van der Waals surface area (Å²) in [5.74, 6) is 0. The highest BCUT2D eigenvalue weighted by molar-refractivity contribution is 4.83. The maximum Gasteiger partial charge on any atom is 0.108 e. The van der Waals surface area contributed by atoms with Gasteiger partial charge < -0.3 is 4.74 Å². The van der Waals surface area contributed by atoms with Gasteiger partial charge in [0.05, 0.1) is 6.61 Å². The average Bonchev–Trinajstić information content (AvgIpc) is 2.36. The Morgan fingerprint density at radius 2 is 2.18 bits per heavy atom. The van der Waals surface area contributed by atoms with Gasteiger partial charge in [0.2, 0.25) is 0 Å². The molecule has 0 aromatic carbocycles. The van der Waals surface area contributed by atoms with Crippen LogP contribution in [0.15, 0.2) is 0 Å². The lowest BCUT2D eigenvalue weighted by Gasteiger charge is -2.36. The number of rotatable bonds is 2.